The molecule has 0 radical (unpaired) electrons. The van der Waals surface area contributed by atoms with Crippen molar-refractivity contribution in [1.29, 1.82) is 0 Å². The lowest BCUT2D eigenvalue weighted by atomic mass is 10.1. The summed E-state index contributed by atoms with van der Waals surface area (Å²) in [7, 11) is 3.15. The van der Waals surface area contributed by atoms with Gasteiger partial charge in [0.05, 0.1) is 20.3 Å². The van der Waals surface area contributed by atoms with Crippen LogP contribution in [0.1, 0.15) is 31.0 Å². The maximum atomic E-state index is 12.2. The van der Waals surface area contributed by atoms with E-state index in [9.17, 15) is 9.59 Å². The van der Waals surface area contributed by atoms with Gasteiger partial charge in [-0.3, -0.25) is 9.59 Å². The molecule has 2 aromatic rings. The molecule has 1 atom stereocenters. The predicted molar refractivity (Wildman–Crippen MR) is 106 cm³/mol. The van der Waals surface area contributed by atoms with Gasteiger partial charge in [-0.15, -0.1) is 0 Å². The summed E-state index contributed by atoms with van der Waals surface area (Å²) in [6, 6.07) is 12.6. The van der Waals surface area contributed by atoms with Crippen LogP contribution in [-0.4, -0.2) is 26.0 Å². The van der Waals surface area contributed by atoms with Crippen LogP contribution < -0.4 is 20.1 Å². The summed E-state index contributed by atoms with van der Waals surface area (Å²) >= 11 is 0. The molecule has 0 heterocycles. The van der Waals surface area contributed by atoms with Gasteiger partial charge in [0.25, 0.3) is 0 Å². The molecular formula is C21H24N2O4. The Kier molecular flexibility index (Phi) is 7.00. The Labute approximate surface area is 159 Å². The Balaban J connectivity index is 1.98. The van der Waals surface area contributed by atoms with Crippen LogP contribution in [-0.2, 0) is 9.59 Å². The number of nitrogens with one attached hydrogen (secondary N) is 2. The zero-order valence-corrected chi connectivity index (χ0v) is 15.9. The van der Waals surface area contributed by atoms with E-state index in [0.29, 0.717) is 17.2 Å². The molecule has 6 heteroatoms. The number of ether oxygens (including phenoxy) is 2. The van der Waals surface area contributed by atoms with E-state index in [1.807, 2.05) is 37.3 Å². The number of hydrogen-bond donors (Lipinski definition) is 2. The SMILES string of the molecule is COc1ccc(C(C)NC(=O)/C=C/c2ccc(NC(C)=O)cc2)cc1OC. The van der Waals surface area contributed by atoms with Crippen molar-refractivity contribution in [2.24, 2.45) is 0 Å². The highest BCUT2D eigenvalue weighted by molar-refractivity contribution is 5.92. The number of rotatable bonds is 7. The standard InChI is InChI=1S/C21H24N2O4/c1-14(17-8-11-19(26-3)20(13-17)27-4)22-21(25)12-7-16-5-9-18(10-6-16)23-15(2)24/h5-14H,1-4H3,(H,22,25)(H,23,24)/b12-7+. The molecular weight excluding hydrogens is 344 g/mol. The quantitative estimate of drug-likeness (QED) is 0.733. The highest BCUT2D eigenvalue weighted by atomic mass is 16.5. The monoisotopic (exact) mass is 368 g/mol. The lowest BCUT2D eigenvalue weighted by Crippen LogP contribution is -2.24. The number of carbonyl (C=O) groups is 2. The number of hydrogen-bond acceptors (Lipinski definition) is 4. The fraction of sp³-hybridized carbons (Fsp3) is 0.238. The summed E-state index contributed by atoms with van der Waals surface area (Å²) in [5, 5.41) is 5.61. The van der Waals surface area contributed by atoms with Gasteiger partial charge in [0.2, 0.25) is 11.8 Å². The zero-order valence-electron chi connectivity index (χ0n) is 15.9. The second-order valence-electron chi connectivity index (χ2n) is 5.98. The minimum Gasteiger partial charge on any atom is -0.493 e. The molecule has 0 spiro atoms. The Morgan fingerprint density at radius 3 is 2.26 bits per heavy atom. The van der Waals surface area contributed by atoms with Crippen molar-refractivity contribution in [2.45, 2.75) is 19.9 Å². The van der Waals surface area contributed by atoms with Gasteiger partial charge in [0.15, 0.2) is 11.5 Å². The molecule has 27 heavy (non-hydrogen) atoms. The average molecular weight is 368 g/mol. The van der Waals surface area contributed by atoms with Gasteiger partial charge in [0.1, 0.15) is 0 Å². The highest BCUT2D eigenvalue weighted by Crippen LogP contribution is 2.29. The van der Waals surface area contributed by atoms with Crippen LogP contribution in [0.2, 0.25) is 0 Å². The maximum absolute atomic E-state index is 12.2. The molecule has 0 fully saturated rings. The molecule has 6 nitrogen and oxygen atoms in total. The fourth-order valence-corrected chi connectivity index (χ4v) is 2.52. The van der Waals surface area contributed by atoms with E-state index in [-0.39, 0.29) is 17.9 Å². The van der Waals surface area contributed by atoms with Crippen LogP contribution >= 0.6 is 0 Å². The first-order valence-electron chi connectivity index (χ1n) is 8.51. The smallest absolute Gasteiger partial charge is 0.244 e. The summed E-state index contributed by atoms with van der Waals surface area (Å²) in [5.74, 6) is 0.929. The van der Waals surface area contributed by atoms with Crippen molar-refractivity contribution in [1.82, 2.24) is 5.32 Å². The summed E-state index contributed by atoms with van der Waals surface area (Å²) in [5.41, 5.74) is 2.48. The van der Waals surface area contributed by atoms with Gasteiger partial charge in [-0.25, -0.2) is 0 Å². The van der Waals surface area contributed by atoms with Gasteiger partial charge < -0.3 is 20.1 Å². The minimum absolute atomic E-state index is 0.123. The summed E-state index contributed by atoms with van der Waals surface area (Å²) < 4.78 is 10.5. The molecule has 2 rings (SSSR count). The van der Waals surface area contributed by atoms with Gasteiger partial charge in [-0.2, -0.15) is 0 Å². The van der Waals surface area contributed by atoms with E-state index >= 15 is 0 Å². The van der Waals surface area contributed by atoms with Crippen molar-refractivity contribution >= 4 is 23.6 Å². The molecule has 0 saturated carbocycles. The molecule has 2 N–H and O–H groups in total. The average Bonchev–Trinajstić information content (AvgIpc) is 2.66. The van der Waals surface area contributed by atoms with Crippen molar-refractivity contribution in [3.8, 4) is 11.5 Å². The molecule has 0 aliphatic heterocycles. The van der Waals surface area contributed by atoms with Crippen LogP contribution in [0.25, 0.3) is 6.08 Å². The number of anilines is 1. The van der Waals surface area contributed by atoms with E-state index in [2.05, 4.69) is 10.6 Å². The fourth-order valence-electron chi connectivity index (χ4n) is 2.52. The van der Waals surface area contributed by atoms with Crippen LogP contribution in [0.4, 0.5) is 5.69 Å². The third-order valence-corrected chi connectivity index (χ3v) is 3.92. The maximum Gasteiger partial charge on any atom is 0.244 e. The van der Waals surface area contributed by atoms with E-state index in [4.69, 9.17) is 9.47 Å². The van der Waals surface area contributed by atoms with Crippen LogP contribution in [0.5, 0.6) is 11.5 Å². The zero-order chi connectivity index (χ0) is 19.8. The molecule has 0 aromatic heterocycles. The number of methoxy groups -OCH3 is 2. The number of benzene rings is 2. The first-order chi connectivity index (χ1) is 12.9. The Bertz CT molecular complexity index is 829. The third-order valence-electron chi connectivity index (χ3n) is 3.92. The van der Waals surface area contributed by atoms with Crippen LogP contribution in [0.15, 0.2) is 48.5 Å². The van der Waals surface area contributed by atoms with Crippen molar-refractivity contribution in [3.63, 3.8) is 0 Å². The molecule has 0 bridgehead atoms. The van der Waals surface area contributed by atoms with E-state index in [1.165, 1.54) is 13.0 Å². The molecule has 2 aromatic carbocycles. The van der Waals surface area contributed by atoms with Crippen molar-refractivity contribution in [2.75, 3.05) is 19.5 Å². The van der Waals surface area contributed by atoms with Crippen molar-refractivity contribution < 1.29 is 19.1 Å². The molecule has 0 saturated heterocycles. The lowest BCUT2D eigenvalue weighted by Gasteiger charge is -2.15. The lowest BCUT2D eigenvalue weighted by molar-refractivity contribution is -0.117. The molecule has 0 aliphatic carbocycles. The van der Waals surface area contributed by atoms with Gasteiger partial charge in [-0.1, -0.05) is 18.2 Å². The molecule has 142 valence electrons. The number of amides is 2. The van der Waals surface area contributed by atoms with Gasteiger partial charge in [-0.05, 0) is 48.4 Å². The summed E-state index contributed by atoms with van der Waals surface area (Å²) in [4.78, 5) is 23.2. The second-order valence-corrected chi connectivity index (χ2v) is 5.98. The van der Waals surface area contributed by atoms with Gasteiger partial charge in [0, 0.05) is 18.7 Å². The minimum atomic E-state index is -0.205. The topological polar surface area (TPSA) is 76.7 Å². The van der Waals surface area contributed by atoms with Gasteiger partial charge >= 0.3 is 0 Å². The van der Waals surface area contributed by atoms with Crippen LogP contribution in [0, 0.1) is 0 Å². The third kappa shape index (κ3) is 5.88. The molecule has 0 aliphatic rings. The first-order valence-corrected chi connectivity index (χ1v) is 8.51. The van der Waals surface area contributed by atoms with E-state index in [1.54, 1.807) is 32.4 Å². The number of carbonyl (C=O) groups excluding carboxylic acids is 2. The van der Waals surface area contributed by atoms with Crippen molar-refractivity contribution in [3.05, 3.63) is 59.7 Å². The van der Waals surface area contributed by atoms with E-state index < -0.39 is 0 Å². The normalized spacial score (nSPS) is 11.7. The Morgan fingerprint density at radius 1 is 1.00 bits per heavy atom. The molecule has 1 unspecified atom stereocenters. The summed E-state index contributed by atoms with van der Waals surface area (Å²) in [6.45, 7) is 3.35. The van der Waals surface area contributed by atoms with Crippen LogP contribution in [0.3, 0.4) is 0 Å². The van der Waals surface area contributed by atoms with E-state index in [0.717, 1.165) is 11.1 Å². The largest absolute Gasteiger partial charge is 0.493 e. The summed E-state index contributed by atoms with van der Waals surface area (Å²) in [6.07, 6.45) is 3.19. The predicted octanol–water partition coefficient (Wildman–Crippen LogP) is 3.55. The Hall–Kier alpha value is -3.28. The second kappa shape index (κ2) is 9.43. The Morgan fingerprint density at radius 2 is 1.67 bits per heavy atom. The first kappa shape index (κ1) is 20.0. The highest BCUT2D eigenvalue weighted by Gasteiger charge is 2.11. The molecule has 2 amide bonds.